The summed E-state index contributed by atoms with van der Waals surface area (Å²) in [4.78, 5) is 0. The molecule has 1 fully saturated rings. The fourth-order valence-electron chi connectivity index (χ4n) is 1.31. The van der Waals surface area contributed by atoms with E-state index in [4.69, 9.17) is 20.4 Å². The van der Waals surface area contributed by atoms with Crippen molar-refractivity contribution in [2.75, 3.05) is 6.61 Å². The van der Waals surface area contributed by atoms with E-state index in [1.807, 2.05) is 0 Å². The van der Waals surface area contributed by atoms with Crippen molar-refractivity contribution in [3.8, 4) is 0 Å². The lowest BCUT2D eigenvalue weighted by molar-refractivity contribution is -0.298. The summed E-state index contributed by atoms with van der Waals surface area (Å²) >= 11 is 0. The van der Waals surface area contributed by atoms with E-state index >= 15 is 0 Å². The Bertz CT molecular complexity index is 187. The van der Waals surface area contributed by atoms with Crippen molar-refractivity contribution in [2.45, 2.75) is 36.8 Å². The Morgan fingerprint density at radius 3 is 2.07 bits per heavy atom. The van der Waals surface area contributed by atoms with Gasteiger partial charge in [0.05, 0.1) is 6.61 Å². The van der Waals surface area contributed by atoms with Crippen LogP contribution in [0.4, 0.5) is 0 Å². The van der Waals surface area contributed by atoms with E-state index in [9.17, 15) is 10.2 Å². The van der Waals surface area contributed by atoms with Gasteiger partial charge in [0, 0.05) is 0 Å². The third kappa shape index (κ3) is 2.04. The van der Waals surface area contributed by atoms with Gasteiger partial charge in [-0.2, -0.15) is 0 Å². The summed E-state index contributed by atoms with van der Waals surface area (Å²) in [6, 6.07) is 0. The summed E-state index contributed by atoms with van der Waals surface area (Å²) in [7, 11) is 0. The van der Waals surface area contributed by atoms with Gasteiger partial charge in [0.15, 0.2) is 6.29 Å². The molecule has 14 heavy (non-hydrogen) atoms. The number of hydrogen-bond donors (Lipinski definition) is 6. The molecular weight excluding hydrogens is 196 g/mol. The fraction of sp³-hybridized carbons (Fsp3) is 1.00. The highest BCUT2D eigenvalue weighted by Crippen LogP contribution is 2.21. The van der Waals surface area contributed by atoms with Crippen LogP contribution in [0.25, 0.3) is 0 Å². The van der Waals surface area contributed by atoms with Crippen molar-refractivity contribution < 1.29 is 35.4 Å². The fourth-order valence-corrected chi connectivity index (χ4v) is 1.31. The number of aliphatic hydroxyl groups excluding tert-OH is 6. The third-order valence-corrected chi connectivity index (χ3v) is 2.19. The molecule has 0 aromatic rings. The highest BCUT2D eigenvalue weighted by Gasteiger charge is 2.45. The smallest absolute Gasteiger partial charge is 0.184 e. The van der Waals surface area contributed by atoms with E-state index in [2.05, 4.69) is 4.74 Å². The molecule has 0 bridgehead atoms. The van der Waals surface area contributed by atoms with E-state index in [-0.39, 0.29) is 0 Å². The van der Waals surface area contributed by atoms with Crippen LogP contribution in [0.2, 0.25) is 0 Å². The highest BCUT2D eigenvalue weighted by molar-refractivity contribution is 4.91. The first-order valence-corrected chi connectivity index (χ1v) is 4.15. The average molecular weight is 210 g/mol. The Balaban J connectivity index is 2.70. The quantitative estimate of drug-likeness (QED) is 0.275. The predicted molar refractivity (Wildman–Crippen MR) is 42.0 cm³/mol. The van der Waals surface area contributed by atoms with Crippen LogP contribution < -0.4 is 0 Å². The molecule has 0 aromatic heterocycles. The standard InChI is InChI=1S/C7H14O7/c8-1-2(9)6-4(11)3(10)5(12)7(13)14-6/h2-13H,1H2/t2-,3+,4+,5+,6+,7+/m0/s1. The molecule has 6 atom stereocenters. The maximum Gasteiger partial charge on any atom is 0.184 e. The summed E-state index contributed by atoms with van der Waals surface area (Å²) in [5.74, 6) is 0. The first-order chi connectivity index (χ1) is 6.49. The molecule has 7 heteroatoms. The molecule has 1 saturated heterocycles. The zero-order chi connectivity index (χ0) is 10.9. The van der Waals surface area contributed by atoms with Crippen LogP contribution in [0.1, 0.15) is 0 Å². The zero-order valence-electron chi connectivity index (χ0n) is 7.26. The molecule has 0 amide bonds. The van der Waals surface area contributed by atoms with Gasteiger partial charge in [0.2, 0.25) is 0 Å². The molecule has 0 spiro atoms. The van der Waals surface area contributed by atoms with Crippen molar-refractivity contribution in [3.05, 3.63) is 0 Å². The average Bonchev–Trinajstić information content (AvgIpc) is 2.19. The Hall–Kier alpha value is -0.280. The topological polar surface area (TPSA) is 131 Å². The molecule has 84 valence electrons. The lowest BCUT2D eigenvalue weighted by Crippen LogP contribution is -2.61. The van der Waals surface area contributed by atoms with Gasteiger partial charge in [-0.25, -0.2) is 0 Å². The van der Waals surface area contributed by atoms with Crippen molar-refractivity contribution in [1.29, 1.82) is 0 Å². The van der Waals surface area contributed by atoms with Gasteiger partial charge in [-0.3, -0.25) is 0 Å². The minimum Gasteiger partial charge on any atom is -0.394 e. The van der Waals surface area contributed by atoms with E-state index in [1.54, 1.807) is 0 Å². The maximum atomic E-state index is 9.31. The van der Waals surface area contributed by atoms with Crippen LogP contribution in [0, 0.1) is 0 Å². The van der Waals surface area contributed by atoms with Gasteiger partial charge in [0.1, 0.15) is 30.5 Å². The van der Waals surface area contributed by atoms with Gasteiger partial charge in [-0.05, 0) is 0 Å². The van der Waals surface area contributed by atoms with Gasteiger partial charge in [0.25, 0.3) is 0 Å². The summed E-state index contributed by atoms with van der Waals surface area (Å²) < 4.78 is 4.62. The SMILES string of the molecule is OC[C@H](O)[C@H]1O[C@@H](O)[C@H](O)[C@H](O)[C@H]1O. The minimum absolute atomic E-state index is 0.683. The van der Waals surface area contributed by atoms with Gasteiger partial charge in [-0.1, -0.05) is 0 Å². The molecule has 0 aliphatic carbocycles. The van der Waals surface area contributed by atoms with Crippen LogP contribution in [-0.4, -0.2) is 74.1 Å². The molecule has 1 aliphatic heterocycles. The predicted octanol–water partition coefficient (Wildman–Crippen LogP) is -3.86. The van der Waals surface area contributed by atoms with Crippen LogP contribution in [0.5, 0.6) is 0 Å². The maximum absolute atomic E-state index is 9.31. The van der Waals surface area contributed by atoms with E-state index in [1.165, 1.54) is 0 Å². The summed E-state index contributed by atoms with van der Waals surface area (Å²) in [5, 5.41) is 54.3. The number of ether oxygens (including phenoxy) is 1. The van der Waals surface area contributed by atoms with E-state index < -0.39 is 43.4 Å². The summed E-state index contributed by atoms with van der Waals surface area (Å²) in [5.41, 5.74) is 0. The van der Waals surface area contributed by atoms with Crippen LogP contribution >= 0.6 is 0 Å². The molecule has 6 N–H and O–H groups in total. The van der Waals surface area contributed by atoms with Crippen LogP contribution in [0.15, 0.2) is 0 Å². The Morgan fingerprint density at radius 1 is 1.00 bits per heavy atom. The van der Waals surface area contributed by atoms with Crippen molar-refractivity contribution in [1.82, 2.24) is 0 Å². The molecule has 0 aromatic carbocycles. The molecule has 0 unspecified atom stereocenters. The molecule has 1 rings (SSSR count). The normalized spacial score (nSPS) is 46.3. The highest BCUT2D eigenvalue weighted by atomic mass is 16.6. The first-order valence-electron chi connectivity index (χ1n) is 4.15. The van der Waals surface area contributed by atoms with Gasteiger partial charge in [-0.15, -0.1) is 0 Å². The number of aliphatic hydroxyl groups is 6. The molecule has 1 aliphatic rings. The Labute approximate surface area is 79.8 Å². The molecule has 1 heterocycles. The van der Waals surface area contributed by atoms with Crippen molar-refractivity contribution in [2.24, 2.45) is 0 Å². The second-order valence-electron chi connectivity index (χ2n) is 3.21. The lowest BCUT2D eigenvalue weighted by atomic mass is 9.96. The van der Waals surface area contributed by atoms with Crippen LogP contribution in [-0.2, 0) is 4.74 Å². The van der Waals surface area contributed by atoms with Crippen molar-refractivity contribution in [3.63, 3.8) is 0 Å². The number of hydrogen-bond acceptors (Lipinski definition) is 7. The summed E-state index contributed by atoms with van der Waals surface area (Å²) in [6.45, 7) is -0.683. The molecular formula is C7H14O7. The first kappa shape index (κ1) is 11.8. The Kier molecular flexibility index (Phi) is 3.78. The third-order valence-electron chi connectivity index (χ3n) is 2.19. The van der Waals surface area contributed by atoms with Crippen LogP contribution in [0.3, 0.4) is 0 Å². The Morgan fingerprint density at radius 2 is 1.57 bits per heavy atom. The number of rotatable bonds is 2. The van der Waals surface area contributed by atoms with E-state index in [0.717, 1.165) is 0 Å². The lowest BCUT2D eigenvalue weighted by Gasteiger charge is -2.39. The molecule has 0 saturated carbocycles. The second-order valence-corrected chi connectivity index (χ2v) is 3.21. The van der Waals surface area contributed by atoms with E-state index in [0.29, 0.717) is 0 Å². The monoisotopic (exact) mass is 210 g/mol. The minimum atomic E-state index is -1.69. The van der Waals surface area contributed by atoms with Gasteiger partial charge < -0.3 is 35.4 Å². The summed E-state index contributed by atoms with van der Waals surface area (Å²) in [6.07, 6.45) is -9.26. The molecule has 7 nitrogen and oxygen atoms in total. The van der Waals surface area contributed by atoms with Crippen molar-refractivity contribution >= 4 is 0 Å². The molecule has 0 radical (unpaired) electrons. The van der Waals surface area contributed by atoms with Gasteiger partial charge >= 0.3 is 0 Å². The second kappa shape index (κ2) is 4.49. The largest absolute Gasteiger partial charge is 0.394 e. The zero-order valence-corrected chi connectivity index (χ0v) is 7.26.